The number of nitrogens with zero attached hydrogens (tertiary/aromatic N) is 3. The van der Waals surface area contributed by atoms with Gasteiger partial charge in [-0.3, -0.25) is 9.97 Å². The number of pyridine rings is 2. The van der Waals surface area contributed by atoms with E-state index in [1.165, 1.54) is 10.4 Å². The van der Waals surface area contributed by atoms with E-state index in [9.17, 15) is 8.42 Å². The van der Waals surface area contributed by atoms with Gasteiger partial charge in [-0.15, -0.1) is 0 Å². The van der Waals surface area contributed by atoms with Gasteiger partial charge < -0.3 is 11.5 Å². The molecule has 164 valence electrons. The van der Waals surface area contributed by atoms with E-state index >= 15 is 0 Å². The predicted octanol–water partition coefficient (Wildman–Crippen LogP) is 3.38. The fourth-order valence-electron chi connectivity index (χ4n) is 3.88. The van der Waals surface area contributed by atoms with Crippen LogP contribution >= 0.6 is 0 Å². The fraction of sp³-hybridized carbons (Fsp3) is 0.167. The molecule has 8 heteroatoms. The van der Waals surface area contributed by atoms with Crippen LogP contribution < -0.4 is 11.5 Å². The van der Waals surface area contributed by atoms with E-state index in [2.05, 4.69) is 16.5 Å². The number of fused-ring (bicyclic) bond motifs is 1. The van der Waals surface area contributed by atoms with E-state index < -0.39 is 10.0 Å². The number of allylic oxidation sites excluding steroid dienone is 3. The number of benzene rings is 1. The Hall–Kier alpha value is -3.49. The lowest BCUT2D eigenvalue weighted by molar-refractivity contribution is 0.484. The van der Waals surface area contributed by atoms with Crippen LogP contribution in [0.4, 0.5) is 0 Å². The Kier molecular flexibility index (Phi) is 6.07. The summed E-state index contributed by atoms with van der Waals surface area (Å²) in [6, 6.07) is 11.6. The second-order valence-electron chi connectivity index (χ2n) is 7.56. The molecule has 0 saturated carbocycles. The third-order valence-corrected chi connectivity index (χ3v) is 7.49. The van der Waals surface area contributed by atoms with Gasteiger partial charge in [-0.05, 0) is 71.5 Å². The van der Waals surface area contributed by atoms with Crippen molar-refractivity contribution in [1.29, 1.82) is 0 Å². The fourth-order valence-corrected chi connectivity index (χ4v) is 5.48. The highest BCUT2D eigenvalue weighted by Crippen LogP contribution is 2.31. The first-order valence-electron chi connectivity index (χ1n) is 10.3. The van der Waals surface area contributed by atoms with Crippen LogP contribution in [0.25, 0.3) is 27.6 Å². The summed E-state index contributed by atoms with van der Waals surface area (Å²) < 4.78 is 27.7. The average molecular weight is 448 g/mol. The van der Waals surface area contributed by atoms with Crippen molar-refractivity contribution >= 4 is 26.5 Å². The van der Waals surface area contributed by atoms with Gasteiger partial charge in [0.05, 0.1) is 5.52 Å². The zero-order chi connectivity index (χ0) is 22.7. The van der Waals surface area contributed by atoms with E-state index in [-0.39, 0.29) is 10.7 Å². The molecule has 1 aliphatic rings. The van der Waals surface area contributed by atoms with Gasteiger partial charge in [-0.1, -0.05) is 18.7 Å². The maximum Gasteiger partial charge on any atom is 0.246 e. The molecular formula is C24H25N5O2S. The summed E-state index contributed by atoms with van der Waals surface area (Å²) in [5.41, 5.74) is 15.9. The Morgan fingerprint density at radius 2 is 1.75 bits per heavy atom. The first-order valence-corrected chi connectivity index (χ1v) is 11.7. The molecule has 2 aromatic heterocycles. The molecule has 3 heterocycles. The second-order valence-corrected chi connectivity index (χ2v) is 9.47. The van der Waals surface area contributed by atoms with E-state index in [4.69, 9.17) is 11.5 Å². The summed E-state index contributed by atoms with van der Waals surface area (Å²) in [6.45, 7) is 4.82. The van der Waals surface area contributed by atoms with E-state index in [1.54, 1.807) is 24.7 Å². The lowest BCUT2D eigenvalue weighted by Gasteiger charge is -2.18. The number of hydrogen-bond donors (Lipinski definition) is 2. The summed E-state index contributed by atoms with van der Waals surface area (Å²) in [7, 11) is -3.79. The standard InChI is InChI=1S/C24H25N5O2S/c1-2-17(16-23(24(25)26)32(30,31)29-13-3-4-14-29)19-5-6-22-21(15-19)20(9-12-28-22)18-7-10-27-11-8-18/h2,5-12,15-16H,1,3-4,13-14,25-26H2/b17-16+. The Morgan fingerprint density at radius 1 is 1.03 bits per heavy atom. The SMILES string of the molecule is C=C/C(=C\C(=C(N)N)S(=O)(=O)N1CCCC1)c1ccc2nccc(-c3ccncc3)c2c1. The molecule has 32 heavy (non-hydrogen) atoms. The number of aromatic nitrogens is 2. The molecule has 1 fully saturated rings. The normalized spacial score (nSPS) is 15.1. The molecule has 1 saturated heterocycles. The van der Waals surface area contributed by atoms with Crippen molar-refractivity contribution in [2.75, 3.05) is 13.1 Å². The second kappa shape index (κ2) is 8.94. The number of nitrogens with two attached hydrogens (primary N) is 2. The van der Waals surface area contributed by atoms with Crippen molar-refractivity contribution in [2.45, 2.75) is 12.8 Å². The maximum absolute atomic E-state index is 13.1. The Morgan fingerprint density at radius 3 is 2.41 bits per heavy atom. The van der Waals surface area contributed by atoms with Crippen LogP contribution in [0.1, 0.15) is 18.4 Å². The molecular weight excluding hydrogens is 422 g/mol. The van der Waals surface area contributed by atoms with Crippen LogP contribution in [0.3, 0.4) is 0 Å². The molecule has 0 atom stereocenters. The van der Waals surface area contributed by atoms with Crippen LogP contribution in [0, 0.1) is 0 Å². The highest BCUT2D eigenvalue weighted by Gasteiger charge is 2.30. The van der Waals surface area contributed by atoms with Gasteiger partial charge in [-0.25, -0.2) is 8.42 Å². The summed E-state index contributed by atoms with van der Waals surface area (Å²) in [6.07, 6.45) is 10.00. The van der Waals surface area contributed by atoms with Gasteiger partial charge in [0, 0.05) is 37.1 Å². The number of sulfonamides is 1. The number of hydrogen-bond acceptors (Lipinski definition) is 6. The molecule has 4 N–H and O–H groups in total. The van der Waals surface area contributed by atoms with Crippen molar-refractivity contribution in [3.05, 3.63) is 90.0 Å². The molecule has 3 aromatic rings. The molecule has 0 spiro atoms. The molecule has 0 unspecified atom stereocenters. The molecule has 1 aromatic carbocycles. The van der Waals surface area contributed by atoms with Gasteiger partial charge in [0.2, 0.25) is 10.0 Å². The minimum Gasteiger partial charge on any atom is -0.385 e. The van der Waals surface area contributed by atoms with E-state index in [0.29, 0.717) is 18.7 Å². The predicted molar refractivity (Wildman–Crippen MR) is 128 cm³/mol. The maximum atomic E-state index is 13.1. The first kappa shape index (κ1) is 21.7. The van der Waals surface area contributed by atoms with E-state index in [1.807, 2.05) is 36.4 Å². The van der Waals surface area contributed by atoms with Crippen molar-refractivity contribution in [3.63, 3.8) is 0 Å². The van der Waals surface area contributed by atoms with Crippen molar-refractivity contribution in [3.8, 4) is 11.1 Å². The Bertz CT molecular complexity index is 1320. The molecule has 0 aliphatic carbocycles. The molecule has 1 aliphatic heterocycles. The summed E-state index contributed by atoms with van der Waals surface area (Å²) in [4.78, 5) is 8.45. The molecule has 0 radical (unpaired) electrons. The third-order valence-electron chi connectivity index (χ3n) is 5.54. The summed E-state index contributed by atoms with van der Waals surface area (Å²) >= 11 is 0. The van der Waals surface area contributed by atoms with Crippen LogP contribution in [-0.4, -0.2) is 35.8 Å². The van der Waals surface area contributed by atoms with Crippen molar-refractivity contribution in [2.24, 2.45) is 11.5 Å². The average Bonchev–Trinajstić information content (AvgIpc) is 3.35. The lowest BCUT2D eigenvalue weighted by atomic mass is 9.97. The molecule has 4 rings (SSSR count). The molecule has 0 bridgehead atoms. The van der Waals surface area contributed by atoms with Gasteiger partial charge in [-0.2, -0.15) is 4.31 Å². The summed E-state index contributed by atoms with van der Waals surface area (Å²) in [5, 5.41) is 0.928. The minimum absolute atomic E-state index is 0.102. The quantitative estimate of drug-likeness (QED) is 0.560. The largest absolute Gasteiger partial charge is 0.385 e. The Balaban J connectivity index is 1.83. The van der Waals surface area contributed by atoms with Crippen LogP contribution in [0.5, 0.6) is 0 Å². The number of rotatable bonds is 6. The summed E-state index contributed by atoms with van der Waals surface area (Å²) in [5.74, 6) is -0.240. The first-order chi connectivity index (χ1) is 15.4. The highest BCUT2D eigenvalue weighted by atomic mass is 32.2. The van der Waals surface area contributed by atoms with Crippen molar-refractivity contribution in [1.82, 2.24) is 14.3 Å². The van der Waals surface area contributed by atoms with Crippen LogP contribution in [0.15, 0.2) is 84.4 Å². The minimum atomic E-state index is -3.79. The van der Waals surface area contributed by atoms with Gasteiger partial charge in [0.25, 0.3) is 0 Å². The third kappa shape index (κ3) is 4.15. The van der Waals surface area contributed by atoms with Crippen molar-refractivity contribution < 1.29 is 8.42 Å². The highest BCUT2D eigenvalue weighted by molar-refractivity contribution is 7.93. The molecule has 7 nitrogen and oxygen atoms in total. The topological polar surface area (TPSA) is 115 Å². The van der Waals surface area contributed by atoms with Crippen LogP contribution in [0.2, 0.25) is 0 Å². The lowest BCUT2D eigenvalue weighted by Crippen LogP contribution is -2.31. The Labute approximate surface area is 187 Å². The van der Waals surface area contributed by atoms with Gasteiger partial charge in [0.1, 0.15) is 10.7 Å². The van der Waals surface area contributed by atoms with Gasteiger partial charge in [0.15, 0.2) is 0 Å². The zero-order valence-electron chi connectivity index (χ0n) is 17.6. The zero-order valence-corrected chi connectivity index (χ0v) is 18.4. The van der Waals surface area contributed by atoms with E-state index in [0.717, 1.165) is 40.4 Å². The van der Waals surface area contributed by atoms with Gasteiger partial charge >= 0.3 is 0 Å². The monoisotopic (exact) mass is 447 g/mol. The molecule has 0 amide bonds. The smallest absolute Gasteiger partial charge is 0.246 e. The van der Waals surface area contributed by atoms with Crippen LogP contribution in [-0.2, 0) is 10.0 Å².